The van der Waals surface area contributed by atoms with Gasteiger partial charge in [0.2, 0.25) is 5.91 Å². The van der Waals surface area contributed by atoms with Crippen LogP contribution in [0.4, 0.5) is 5.69 Å². The Kier molecular flexibility index (Phi) is 4.40. The van der Waals surface area contributed by atoms with Gasteiger partial charge in [-0.2, -0.15) is 0 Å². The van der Waals surface area contributed by atoms with E-state index in [2.05, 4.69) is 20.1 Å². The summed E-state index contributed by atoms with van der Waals surface area (Å²) in [4.78, 5) is 12.1. The van der Waals surface area contributed by atoms with Crippen LogP contribution in [0.25, 0.3) is 0 Å². The van der Waals surface area contributed by atoms with E-state index in [0.29, 0.717) is 16.8 Å². The first-order valence-corrected chi connectivity index (χ1v) is 8.51. The molecule has 1 N–H and O–H groups in total. The number of carbonyl (C=O) groups is 1. The first-order valence-electron chi connectivity index (χ1n) is 7.15. The minimum absolute atomic E-state index is 0.0710. The summed E-state index contributed by atoms with van der Waals surface area (Å²) in [6, 6.07) is 5.96. The van der Waals surface area contributed by atoms with E-state index in [9.17, 15) is 4.79 Å². The van der Waals surface area contributed by atoms with Crippen LogP contribution in [0, 0.1) is 13.8 Å². The molecule has 1 saturated carbocycles. The molecule has 1 aliphatic carbocycles. The summed E-state index contributed by atoms with van der Waals surface area (Å²) in [5.74, 6) is 1.14. The lowest BCUT2D eigenvalue weighted by molar-refractivity contribution is -0.113. The number of hydrogen-bond donors (Lipinski definition) is 1. The van der Waals surface area contributed by atoms with E-state index in [1.807, 2.05) is 26.0 Å². The van der Waals surface area contributed by atoms with Crippen LogP contribution in [0.3, 0.4) is 0 Å². The molecule has 1 aromatic carbocycles. The Morgan fingerprint density at radius 2 is 2.18 bits per heavy atom. The molecule has 1 aromatic heterocycles. The summed E-state index contributed by atoms with van der Waals surface area (Å²) in [6.07, 6.45) is 2.33. The molecule has 116 valence electrons. The second-order valence-corrected chi connectivity index (χ2v) is 6.81. The molecule has 1 heterocycles. The number of thioether (sulfide) groups is 1. The largest absolute Gasteiger partial charge is 0.325 e. The molecule has 0 aliphatic heterocycles. The topological polar surface area (TPSA) is 59.8 Å². The highest BCUT2D eigenvalue weighted by molar-refractivity contribution is 7.99. The average molecular weight is 337 g/mol. The van der Waals surface area contributed by atoms with Crippen molar-refractivity contribution in [2.45, 2.75) is 37.9 Å². The summed E-state index contributed by atoms with van der Waals surface area (Å²) >= 11 is 7.38. The van der Waals surface area contributed by atoms with E-state index >= 15 is 0 Å². The van der Waals surface area contributed by atoms with Crippen molar-refractivity contribution < 1.29 is 4.79 Å². The first-order chi connectivity index (χ1) is 10.5. The van der Waals surface area contributed by atoms with E-state index in [1.165, 1.54) is 24.6 Å². The number of hydrogen-bond acceptors (Lipinski definition) is 4. The summed E-state index contributed by atoms with van der Waals surface area (Å²) in [6.45, 7) is 3.89. The third kappa shape index (κ3) is 3.44. The molecule has 5 nitrogen and oxygen atoms in total. The first kappa shape index (κ1) is 15.4. The van der Waals surface area contributed by atoms with Crippen LogP contribution < -0.4 is 5.32 Å². The zero-order valence-electron chi connectivity index (χ0n) is 12.5. The van der Waals surface area contributed by atoms with E-state index in [0.717, 1.165) is 22.2 Å². The second-order valence-electron chi connectivity index (χ2n) is 5.43. The highest BCUT2D eigenvalue weighted by Crippen LogP contribution is 2.38. The van der Waals surface area contributed by atoms with Gasteiger partial charge in [-0.25, -0.2) is 0 Å². The Balaban J connectivity index is 1.62. The molecule has 0 spiro atoms. The summed E-state index contributed by atoms with van der Waals surface area (Å²) in [7, 11) is 0. The van der Waals surface area contributed by atoms with Crippen molar-refractivity contribution in [2.24, 2.45) is 0 Å². The fourth-order valence-corrected chi connectivity index (χ4v) is 3.27. The minimum atomic E-state index is -0.0710. The number of carbonyl (C=O) groups excluding carboxylic acids is 1. The maximum absolute atomic E-state index is 12.1. The van der Waals surface area contributed by atoms with Gasteiger partial charge in [0.15, 0.2) is 5.16 Å². The van der Waals surface area contributed by atoms with Crippen molar-refractivity contribution in [3.05, 3.63) is 34.6 Å². The monoisotopic (exact) mass is 336 g/mol. The van der Waals surface area contributed by atoms with E-state index in [4.69, 9.17) is 11.6 Å². The molecule has 0 bridgehead atoms. The molecular formula is C15H17ClN4OS. The van der Waals surface area contributed by atoms with Crippen molar-refractivity contribution in [2.75, 3.05) is 11.1 Å². The van der Waals surface area contributed by atoms with Gasteiger partial charge in [0.1, 0.15) is 5.82 Å². The van der Waals surface area contributed by atoms with Gasteiger partial charge in [-0.05, 0) is 44.4 Å². The van der Waals surface area contributed by atoms with Crippen LogP contribution in [-0.2, 0) is 4.79 Å². The normalized spacial score (nSPS) is 14.1. The number of nitrogens with one attached hydrogen (secondary N) is 1. The number of amides is 1. The maximum Gasteiger partial charge on any atom is 0.234 e. The fraction of sp³-hybridized carbons (Fsp3) is 0.400. The SMILES string of the molecule is Cc1ccc(Cl)cc1NC(=O)CSc1nnc(C)n1C1CC1. The minimum Gasteiger partial charge on any atom is -0.325 e. The van der Waals surface area contributed by atoms with Gasteiger partial charge in [0, 0.05) is 16.8 Å². The van der Waals surface area contributed by atoms with Crippen LogP contribution >= 0.6 is 23.4 Å². The number of rotatable bonds is 5. The van der Waals surface area contributed by atoms with Gasteiger partial charge in [-0.1, -0.05) is 29.4 Å². The molecule has 22 heavy (non-hydrogen) atoms. The Bertz CT molecular complexity index is 712. The quantitative estimate of drug-likeness (QED) is 0.847. The lowest BCUT2D eigenvalue weighted by Gasteiger charge is -2.09. The lowest BCUT2D eigenvalue weighted by atomic mass is 10.2. The van der Waals surface area contributed by atoms with Crippen LogP contribution in [0.15, 0.2) is 23.4 Å². The molecule has 7 heteroatoms. The number of aromatic nitrogens is 3. The molecule has 0 radical (unpaired) electrons. The molecule has 1 aliphatic rings. The van der Waals surface area contributed by atoms with Crippen molar-refractivity contribution in [1.29, 1.82) is 0 Å². The van der Waals surface area contributed by atoms with Gasteiger partial charge in [-0.15, -0.1) is 10.2 Å². The summed E-state index contributed by atoms with van der Waals surface area (Å²) in [5, 5.41) is 12.6. The van der Waals surface area contributed by atoms with E-state index in [-0.39, 0.29) is 5.91 Å². The van der Waals surface area contributed by atoms with Gasteiger partial charge in [0.25, 0.3) is 0 Å². The van der Waals surface area contributed by atoms with Crippen LogP contribution in [0.2, 0.25) is 5.02 Å². The van der Waals surface area contributed by atoms with Gasteiger partial charge >= 0.3 is 0 Å². The van der Waals surface area contributed by atoms with Crippen molar-refractivity contribution in [3.63, 3.8) is 0 Å². The predicted molar refractivity (Wildman–Crippen MR) is 88.6 cm³/mol. The Morgan fingerprint density at radius 3 is 2.91 bits per heavy atom. The third-order valence-electron chi connectivity index (χ3n) is 3.55. The highest BCUT2D eigenvalue weighted by atomic mass is 35.5. The third-order valence-corrected chi connectivity index (χ3v) is 4.73. The number of aryl methyl sites for hydroxylation is 2. The van der Waals surface area contributed by atoms with Gasteiger partial charge in [-0.3, -0.25) is 4.79 Å². The fourth-order valence-electron chi connectivity index (χ4n) is 2.25. The van der Waals surface area contributed by atoms with Crippen LogP contribution in [-0.4, -0.2) is 26.4 Å². The second kappa shape index (κ2) is 6.30. The molecule has 1 amide bonds. The molecule has 3 rings (SSSR count). The molecule has 0 atom stereocenters. The predicted octanol–water partition coefficient (Wildman–Crippen LogP) is 3.61. The van der Waals surface area contributed by atoms with Crippen LogP contribution in [0.1, 0.15) is 30.3 Å². The van der Waals surface area contributed by atoms with E-state index < -0.39 is 0 Å². The standard InChI is InChI=1S/C15H17ClN4OS/c1-9-3-4-11(16)7-13(9)17-14(21)8-22-15-19-18-10(2)20(15)12-5-6-12/h3-4,7,12H,5-6,8H2,1-2H3,(H,17,21). The average Bonchev–Trinajstić information content (AvgIpc) is 3.24. The molecule has 2 aromatic rings. The molecular weight excluding hydrogens is 320 g/mol. The number of anilines is 1. The van der Waals surface area contributed by atoms with Crippen molar-refractivity contribution >= 4 is 35.0 Å². The molecule has 0 unspecified atom stereocenters. The highest BCUT2D eigenvalue weighted by Gasteiger charge is 2.28. The van der Waals surface area contributed by atoms with Crippen molar-refractivity contribution in [3.8, 4) is 0 Å². The number of nitrogens with zero attached hydrogens (tertiary/aromatic N) is 3. The van der Waals surface area contributed by atoms with Gasteiger partial charge in [0.05, 0.1) is 5.75 Å². The van der Waals surface area contributed by atoms with E-state index in [1.54, 1.807) is 6.07 Å². The zero-order chi connectivity index (χ0) is 15.7. The van der Waals surface area contributed by atoms with Crippen molar-refractivity contribution in [1.82, 2.24) is 14.8 Å². The Morgan fingerprint density at radius 1 is 1.41 bits per heavy atom. The molecule has 0 saturated heterocycles. The number of halogens is 1. The maximum atomic E-state index is 12.1. The smallest absolute Gasteiger partial charge is 0.234 e. The Labute approximate surface area is 138 Å². The van der Waals surface area contributed by atoms with Gasteiger partial charge < -0.3 is 9.88 Å². The zero-order valence-corrected chi connectivity index (χ0v) is 14.0. The summed E-state index contributed by atoms with van der Waals surface area (Å²) < 4.78 is 2.13. The molecule has 1 fully saturated rings. The van der Waals surface area contributed by atoms with Crippen LogP contribution in [0.5, 0.6) is 0 Å². The Hall–Kier alpha value is -1.53. The lowest BCUT2D eigenvalue weighted by Crippen LogP contribution is -2.15. The summed E-state index contributed by atoms with van der Waals surface area (Å²) in [5.41, 5.74) is 1.73. The number of benzene rings is 1.